The fourth-order valence-electron chi connectivity index (χ4n) is 0.950. The van der Waals surface area contributed by atoms with Crippen molar-refractivity contribution in [3.63, 3.8) is 0 Å². The molecule has 0 heterocycles. The average Bonchev–Trinajstić information content (AvgIpc) is 1.98. The SMILES string of the molecule is CC1=CCC(C)C1=O. The van der Waals surface area contributed by atoms with E-state index < -0.39 is 0 Å². The number of hydrogen-bond acceptors (Lipinski definition) is 1. The van der Waals surface area contributed by atoms with Gasteiger partial charge in [0.15, 0.2) is 5.78 Å². The second kappa shape index (κ2) is 1.73. The van der Waals surface area contributed by atoms with Gasteiger partial charge in [0.25, 0.3) is 0 Å². The van der Waals surface area contributed by atoms with E-state index in [1.165, 1.54) is 0 Å². The van der Waals surface area contributed by atoms with Crippen LogP contribution in [0, 0.1) is 5.92 Å². The average molecular weight is 110 g/mol. The van der Waals surface area contributed by atoms with Crippen LogP contribution in [0.15, 0.2) is 11.6 Å². The zero-order valence-corrected chi connectivity index (χ0v) is 5.27. The van der Waals surface area contributed by atoms with Crippen molar-refractivity contribution in [3.8, 4) is 0 Å². The van der Waals surface area contributed by atoms with E-state index in [0.29, 0.717) is 5.78 Å². The lowest BCUT2D eigenvalue weighted by atomic mass is 10.1. The number of ketones is 1. The molecule has 0 aliphatic heterocycles. The molecule has 1 heteroatoms. The minimum atomic E-state index is 0.259. The van der Waals surface area contributed by atoms with Crippen LogP contribution in [0.4, 0.5) is 0 Å². The molecule has 0 aromatic carbocycles. The molecule has 1 nitrogen and oxygen atoms in total. The van der Waals surface area contributed by atoms with Crippen LogP contribution in [-0.2, 0) is 4.79 Å². The molecule has 0 fully saturated rings. The fraction of sp³-hybridized carbons (Fsp3) is 0.571. The highest BCUT2D eigenvalue weighted by atomic mass is 16.1. The summed E-state index contributed by atoms with van der Waals surface area (Å²) in [5, 5.41) is 0. The van der Waals surface area contributed by atoms with Crippen molar-refractivity contribution in [1.82, 2.24) is 0 Å². The summed E-state index contributed by atoms with van der Waals surface area (Å²) in [6.07, 6.45) is 2.96. The van der Waals surface area contributed by atoms with Gasteiger partial charge in [-0.05, 0) is 18.9 Å². The highest BCUT2D eigenvalue weighted by molar-refractivity contribution is 5.98. The van der Waals surface area contributed by atoms with Crippen LogP contribution in [0.25, 0.3) is 0 Å². The smallest absolute Gasteiger partial charge is 0.161 e. The largest absolute Gasteiger partial charge is 0.294 e. The maximum absolute atomic E-state index is 10.8. The summed E-state index contributed by atoms with van der Waals surface area (Å²) >= 11 is 0. The molecule has 1 atom stereocenters. The van der Waals surface area contributed by atoms with Gasteiger partial charge in [-0.3, -0.25) is 4.79 Å². The molecule has 0 amide bonds. The number of hydrogen-bond donors (Lipinski definition) is 0. The van der Waals surface area contributed by atoms with E-state index in [1.807, 2.05) is 19.9 Å². The van der Waals surface area contributed by atoms with Crippen LogP contribution < -0.4 is 0 Å². The Labute approximate surface area is 49.4 Å². The highest BCUT2D eigenvalue weighted by Gasteiger charge is 2.18. The van der Waals surface area contributed by atoms with Crippen LogP contribution in [0.5, 0.6) is 0 Å². The molecule has 8 heavy (non-hydrogen) atoms. The van der Waals surface area contributed by atoms with Crippen molar-refractivity contribution in [2.45, 2.75) is 20.3 Å². The maximum atomic E-state index is 10.8. The Balaban J connectivity index is 2.73. The first-order valence-corrected chi connectivity index (χ1v) is 2.93. The first-order valence-electron chi connectivity index (χ1n) is 2.93. The minimum Gasteiger partial charge on any atom is -0.294 e. The fourth-order valence-corrected chi connectivity index (χ4v) is 0.950. The van der Waals surface area contributed by atoms with Gasteiger partial charge in [0.2, 0.25) is 0 Å². The Kier molecular flexibility index (Phi) is 1.20. The molecule has 0 spiro atoms. The second-order valence-electron chi connectivity index (χ2n) is 2.39. The van der Waals surface area contributed by atoms with Gasteiger partial charge in [-0.25, -0.2) is 0 Å². The van der Waals surface area contributed by atoms with Crippen molar-refractivity contribution in [3.05, 3.63) is 11.6 Å². The predicted molar refractivity (Wildman–Crippen MR) is 32.5 cm³/mol. The van der Waals surface area contributed by atoms with Gasteiger partial charge >= 0.3 is 0 Å². The van der Waals surface area contributed by atoms with E-state index in [1.54, 1.807) is 0 Å². The Hall–Kier alpha value is -0.590. The molecule has 44 valence electrons. The molecule has 0 aromatic rings. The van der Waals surface area contributed by atoms with Gasteiger partial charge in [0.05, 0.1) is 0 Å². The zero-order chi connectivity index (χ0) is 6.15. The van der Waals surface area contributed by atoms with E-state index in [-0.39, 0.29) is 5.92 Å². The molecule has 0 aromatic heterocycles. The van der Waals surface area contributed by atoms with Crippen molar-refractivity contribution in [2.75, 3.05) is 0 Å². The maximum Gasteiger partial charge on any atom is 0.161 e. The molecule has 0 saturated heterocycles. The number of carbonyl (C=O) groups is 1. The van der Waals surface area contributed by atoms with Crippen molar-refractivity contribution < 1.29 is 4.79 Å². The first-order chi connectivity index (χ1) is 3.72. The van der Waals surface area contributed by atoms with Gasteiger partial charge in [-0.15, -0.1) is 0 Å². The molecular weight excluding hydrogens is 100 g/mol. The third-order valence-electron chi connectivity index (χ3n) is 1.61. The summed E-state index contributed by atoms with van der Waals surface area (Å²) in [6.45, 7) is 3.85. The quantitative estimate of drug-likeness (QED) is 0.462. The first kappa shape index (κ1) is 5.54. The van der Waals surface area contributed by atoms with E-state index in [0.717, 1.165) is 12.0 Å². The van der Waals surface area contributed by atoms with Crippen LogP contribution >= 0.6 is 0 Å². The van der Waals surface area contributed by atoms with Crippen molar-refractivity contribution in [1.29, 1.82) is 0 Å². The lowest BCUT2D eigenvalue weighted by Crippen LogP contribution is -2.03. The molecule has 0 bridgehead atoms. The molecule has 1 aliphatic carbocycles. The lowest BCUT2D eigenvalue weighted by Gasteiger charge is -1.94. The van der Waals surface area contributed by atoms with Crippen LogP contribution in [0.1, 0.15) is 20.3 Å². The Morgan fingerprint density at radius 3 is 2.50 bits per heavy atom. The Morgan fingerprint density at radius 1 is 1.75 bits per heavy atom. The van der Waals surface area contributed by atoms with Crippen molar-refractivity contribution >= 4 is 5.78 Å². The van der Waals surface area contributed by atoms with Gasteiger partial charge in [-0.2, -0.15) is 0 Å². The number of carbonyl (C=O) groups excluding carboxylic acids is 1. The summed E-state index contributed by atoms with van der Waals surface area (Å²) in [5.74, 6) is 0.583. The molecular formula is C7H10O. The standard InChI is InChI=1S/C7H10O/c1-5-3-4-6(2)7(5)8/h3,6H,4H2,1-2H3. The van der Waals surface area contributed by atoms with Gasteiger partial charge < -0.3 is 0 Å². The normalized spacial score (nSPS) is 28.5. The number of Topliss-reactive ketones (excluding diaryl/α,β-unsaturated/α-hetero) is 1. The van der Waals surface area contributed by atoms with E-state index in [2.05, 4.69) is 0 Å². The topological polar surface area (TPSA) is 17.1 Å². The third kappa shape index (κ3) is 0.683. The summed E-state index contributed by atoms with van der Waals surface area (Å²) in [4.78, 5) is 10.8. The lowest BCUT2D eigenvalue weighted by molar-refractivity contribution is -0.117. The molecule has 1 rings (SSSR count). The molecule has 1 unspecified atom stereocenters. The van der Waals surface area contributed by atoms with E-state index in [9.17, 15) is 4.79 Å². The predicted octanol–water partition coefficient (Wildman–Crippen LogP) is 1.54. The third-order valence-corrected chi connectivity index (χ3v) is 1.61. The minimum absolute atomic E-state index is 0.259. The molecule has 0 N–H and O–H groups in total. The Bertz CT molecular complexity index is 144. The molecule has 0 saturated carbocycles. The van der Waals surface area contributed by atoms with Crippen LogP contribution in [0.2, 0.25) is 0 Å². The molecule has 0 radical (unpaired) electrons. The summed E-state index contributed by atoms with van der Waals surface area (Å²) < 4.78 is 0. The summed E-state index contributed by atoms with van der Waals surface area (Å²) in [5.41, 5.74) is 0.942. The zero-order valence-electron chi connectivity index (χ0n) is 5.27. The summed E-state index contributed by atoms with van der Waals surface area (Å²) in [7, 11) is 0. The van der Waals surface area contributed by atoms with E-state index in [4.69, 9.17) is 0 Å². The van der Waals surface area contributed by atoms with Gasteiger partial charge in [0, 0.05) is 5.92 Å². The van der Waals surface area contributed by atoms with E-state index >= 15 is 0 Å². The van der Waals surface area contributed by atoms with Gasteiger partial charge in [0.1, 0.15) is 0 Å². The highest BCUT2D eigenvalue weighted by Crippen LogP contribution is 2.18. The molecule has 1 aliphatic rings. The van der Waals surface area contributed by atoms with Crippen LogP contribution in [0.3, 0.4) is 0 Å². The monoisotopic (exact) mass is 110 g/mol. The Morgan fingerprint density at radius 2 is 2.38 bits per heavy atom. The summed E-state index contributed by atoms with van der Waals surface area (Å²) in [6, 6.07) is 0. The van der Waals surface area contributed by atoms with Crippen molar-refractivity contribution in [2.24, 2.45) is 5.92 Å². The second-order valence-corrected chi connectivity index (χ2v) is 2.39. The number of rotatable bonds is 0. The van der Waals surface area contributed by atoms with Gasteiger partial charge in [-0.1, -0.05) is 13.0 Å². The number of allylic oxidation sites excluding steroid dienone is 2. The van der Waals surface area contributed by atoms with Crippen LogP contribution in [-0.4, -0.2) is 5.78 Å².